The summed E-state index contributed by atoms with van der Waals surface area (Å²) in [6, 6.07) is 11.8. The minimum atomic E-state index is -0.0538. The van der Waals surface area contributed by atoms with Crippen LogP contribution in [0.4, 0.5) is 0 Å². The Hall–Kier alpha value is -2.38. The van der Waals surface area contributed by atoms with E-state index in [0.717, 1.165) is 6.54 Å². The summed E-state index contributed by atoms with van der Waals surface area (Å²) in [5, 5.41) is 1.20. The number of hydrogen-bond acceptors (Lipinski definition) is 5. The van der Waals surface area contributed by atoms with Gasteiger partial charge in [0.15, 0.2) is 10.9 Å². The first-order chi connectivity index (χ1) is 14.3. The van der Waals surface area contributed by atoms with Crippen LogP contribution in [0.5, 0.6) is 0 Å². The summed E-state index contributed by atoms with van der Waals surface area (Å²) < 4.78 is 3.54. The number of para-hydroxylation sites is 1. The molecule has 160 valence electrons. The number of benzene rings is 1. The minimum absolute atomic E-state index is 0.0208. The van der Waals surface area contributed by atoms with Gasteiger partial charge < -0.3 is 4.57 Å². The predicted octanol–water partition coefficient (Wildman–Crippen LogP) is 3.83. The van der Waals surface area contributed by atoms with E-state index in [1.165, 1.54) is 11.8 Å². The van der Waals surface area contributed by atoms with E-state index in [1.807, 2.05) is 54.2 Å². The molecule has 3 rings (SSSR count). The van der Waals surface area contributed by atoms with Gasteiger partial charge >= 0.3 is 0 Å². The molecule has 7 heteroatoms. The Morgan fingerprint density at radius 3 is 2.43 bits per heavy atom. The molecule has 0 radical (unpaired) electrons. The number of aromatic nitrogens is 3. The zero-order valence-electron chi connectivity index (χ0n) is 18.3. The summed E-state index contributed by atoms with van der Waals surface area (Å²) in [4.78, 5) is 33.0. The van der Waals surface area contributed by atoms with Crippen LogP contribution in [-0.4, -0.2) is 49.2 Å². The molecular formula is C23H30N4O2S. The van der Waals surface area contributed by atoms with Gasteiger partial charge in [0, 0.05) is 38.4 Å². The molecule has 3 aromatic rings. The lowest BCUT2D eigenvalue weighted by Gasteiger charge is -2.30. The van der Waals surface area contributed by atoms with E-state index in [1.54, 1.807) is 4.57 Å². The highest BCUT2D eigenvalue weighted by Gasteiger charge is 2.18. The van der Waals surface area contributed by atoms with Gasteiger partial charge in [-0.2, -0.15) is 0 Å². The first kappa shape index (κ1) is 22.3. The molecule has 0 amide bonds. The van der Waals surface area contributed by atoms with E-state index in [2.05, 4.69) is 32.6 Å². The van der Waals surface area contributed by atoms with Crippen LogP contribution in [0.3, 0.4) is 0 Å². The number of carbonyl (C=O) groups is 1. The number of rotatable bonds is 9. The van der Waals surface area contributed by atoms with Crippen molar-refractivity contribution in [3.05, 3.63) is 58.6 Å². The maximum atomic E-state index is 13.2. The molecule has 2 heterocycles. The number of carbonyl (C=O) groups excluding carboxylic acids is 1. The molecule has 0 bridgehead atoms. The topological polar surface area (TPSA) is 60.1 Å². The number of aryl methyl sites for hydroxylation is 1. The normalized spacial score (nSPS) is 11.9. The van der Waals surface area contributed by atoms with Crippen molar-refractivity contribution in [2.45, 2.75) is 51.5 Å². The summed E-state index contributed by atoms with van der Waals surface area (Å²) in [5.41, 5.74) is 1.27. The van der Waals surface area contributed by atoms with Crippen molar-refractivity contribution in [3.63, 3.8) is 0 Å². The fraction of sp³-hybridized carbons (Fsp3) is 0.435. The Morgan fingerprint density at radius 2 is 1.80 bits per heavy atom. The number of Topliss-reactive ketones (excluding diaryl/α,β-unsaturated/α-hetero) is 1. The fourth-order valence-corrected chi connectivity index (χ4v) is 4.64. The molecule has 2 aromatic heterocycles. The van der Waals surface area contributed by atoms with Gasteiger partial charge in [0.05, 0.1) is 22.3 Å². The molecule has 0 aliphatic heterocycles. The second kappa shape index (κ2) is 9.62. The maximum absolute atomic E-state index is 13.2. The molecular weight excluding hydrogens is 396 g/mol. The van der Waals surface area contributed by atoms with Crippen molar-refractivity contribution in [1.82, 2.24) is 19.0 Å². The Kier molecular flexibility index (Phi) is 7.15. The van der Waals surface area contributed by atoms with Crippen molar-refractivity contribution in [2.75, 3.05) is 12.3 Å². The third-order valence-electron chi connectivity index (χ3n) is 5.30. The van der Waals surface area contributed by atoms with Gasteiger partial charge in [-0.15, -0.1) is 0 Å². The summed E-state index contributed by atoms with van der Waals surface area (Å²) in [5.74, 6) is 0.258. The number of fused-ring (bicyclic) bond motifs is 1. The molecule has 0 spiro atoms. The number of hydrogen-bond donors (Lipinski definition) is 0. The Morgan fingerprint density at radius 1 is 1.10 bits per heavy atom. The molecule has 1 aromatic carbocycles. The van der Waals surface area contributed by atoms with E-state index in [0.29, 0.717) is 40.4 Å². The molecule has 0 unspecified atom stereocenters. The number of thioether (sulfide) groups is 1. The molecule has 0 aliphatic carbocycles. The SMILES string of the molecule is CC(C)N(CCn1c(SCC(=O)c2cccn2C)nc2ccccc2c1=O)C(C)C. The molecule has 6 nitrogen and oxygen atoms in total. The fourth-order valence-electron chi connectivity index (χ4n) is 3.74. The summed E-state index contributed by atoms with van der Waals surface area (Å²) in [6.45, 7) is 9.93. The lowest BCUT2D eigenvalue weighted by Crippen LogP contribution is -2.40. The van der Waals surface area contributed by atoms with E-state index in [4.69, 9.17) is 4.98 Å². The average molecular weight is 427 g/mol. The second-order valence-electron chi connectivity index (χ2n) is 8.01. The van der Waals surface area contributed by atoms with E-state index >= 15 is 0 Å². The van der Waals surface area contributed by atoms with Crippen molar-refractivity contribution >= 4 is 28.4 Å². The molecule has 30 heavy (non-hydrogen) atoms. The van der Waals surface area contributed by atoms with Gasteiger partial charge in [-0.1, -0.05) is 23.9 Å². The first-order valence-electron chi connectivity index (χ1n) is 10.3. The molecule has 0 N–H and O–H groups in total. The smallest absolute Gasteiger partial charge is 0.262 e. The van der Waals surface area contributed by atoms with Crippen LogP contribution in [-0.2, 0) is 13.6 Å². The Labute approximate surface area is 181 Å². The molecule has 0 saturated carbocycles. The molecule has 0 fully saturated rings. The van der Waals surface area contributed by atoms with Gasteiger partial charge in [0.1, 0.15) is 0 Å². The zero-order chi connectivity index (χ0) is 21.8. The first-order valence-corrected chi connectivity index (χ1v) is 11.3. The predicted molar refractivity (Wildman–Crippen MR) is 123 cm³/mol. The lowest BCUT2D eigenvalue weighted by atomic mass is 10.2. The van der Waals surface area contributed by atoms with Crippen LogP contribution in [0.2, 0.25) is 0 Å². The van der Waals surface area contributed by atoms with Crippen molar-refractivity contribution in [2.24, 2.45) is 7.05 Å². The highest BCUT2D eigenvalue weighted by molar-refractivity contribution is 7.99. The Balaban J connectivity index is 1.91. The van der Waals surface area contributed by atoms with Gasteiger partial charge in [-0.05, 0) is 52.0 Å². The third kappa shape index (κ3) is 4.84. The Bertz CT molecular complexity index is 1080. The average Bonchev–Trinajstić information content (AvgIpc) is 3.13. The van der Waals surface area contributed by atoms with Crippen LogP contribution in [0.25, 0.3) is 10.9 Å². The standard InChI is InChI=1S/C23H30N4O2S/c1-16(2)26(17(3)4)13-14-27-22(29)18-9-6-7-10-19(18)24-23(27)30-15-21(28)20-11-8-12-25(20)5/h6-12,16-17H,13-15H2,1-5H3. The maximum Gasteiger partial charge on any atom is 0.262 e. The minimum Gasteiger partial charge on any atom is -0.348 e. The largest absolute Gasteiger partial charge is 0.348 e. The van der Waals surface area contributed by atoms with Crippen molar-refractivity contribution in [3.8, 4) is 0 Å². The highest BCUT2D eigenvalue weighted by atomic mass is 32.2. The zero-order valence-corrected chi connectivity index (χ0v) is 19.1. The summed E-state index contributed by atoms with van der Waals surface area (Å²) in [6.07, 6.45) is 1.86. The van der Waals surface area contributed by atoms with Crippen molar-refractivity contribution in [1.29, 1.82) is 0 Å². The number of ketones is 1. The van der Waals surface area contributed by atoms with Gasteiger partial charge in [0.2, 0.25) is 0 Å². The molecule has 0 atom stereocenters. The second-order valence-corrected chi connectivity index (χ2v) is 8.95. The molecule has 0 aliphatic rings. The van der Waals surface area contributed by atoms with Gasteiger partial charge in [-0.25, -0.2) is 4.98 Å². The van der Waals surface area contributed by atoms with Crippen LogP contribution in [0, 0.1) is 0 Å². The lowest BCUT2D eigenvalue weighted by molar-refractivity contribution is 0.101. The van der Waals surface area contributed by atoms with E-state index < -0.39 is 0 Å². The summed E-state index contributed by atoms with van der Waals surface area (Å²) in [7, 11) is 1.86. The monoisotopic (exact) mass is 426 g/mol. The van der Waals surface area contributed by atoms with Crippen LogP contribution in [0.1, 0.15) is 38.2 Å². The quantitative estimate of drug-likeness (QED) is 0.296. The van der Waals surface area contributed by atoms with Crippen LogP contribution >= 0.6 is 11.8 Å². The highest BCUT2D eigenvalue weighted by Crippen LogP contribution is 2.20. The van der Waals surface area contributed by atoms with E-state index in [-0.39, 0.29) is 17.1 Å². The molecule has 0 saturated heterocycles. The van der Waals surface area contributed by atoms with Gasteiger partial charge in [0.25, 0.3) is 5.56 Å². The third-order valence-corrected chi connectivity index (χ3v) is 6.27. The van der Waals surface area contributed by atoms with Crippen molar-refractivity contribution < 1.29 is 4.79 Å². The van der Waals surface area contributed by atoms with Crippen LogP contribution in [0.15, 0.2) is 52.5 Å². The van der Waals surface area contributed by atoms with Gasteiger partial charge in [-0.3, -0.25) is 19.1 Å². The van der Waals surface area contributed by atoms with E-state index in [9.17, 15) is 9.59 Å². The van der Waals surface area contributed by atoms with Crippen LogP contribution < -0.4 is 5.56 Å². The summed E-state index contributed by atoms with van der Waals surface area (Å²) >= 11 is 1.33. The number of nitrogens with zero attached hydrogens (tertiary/aromatic N) is 4.